The molecule has 1 atom stereocenters. The summed E-state index contributed by atoms with van der Waals surface area (Å²) in [5.74, 6) is -2.10. The van der Waals surface area contributed by atoms with Crippen LogP contribution in [-0.4, -0.2) is 51.9 Å². The second kappa shape index (κ2) is 5.87. The molecule has 2 heterocycles. The Hall–Kier alpha value is -2.15. The standard InChI is InChI=1S/C12H12ClN3O4/c13-7-1-2-8(15-6-7)12(20)16-4-3-14-11(19)9(16)5-10(17)18/h1-2,6,9H,3-5H2,(H,14,19)(H,17,18). The maximum Gasteiger partial charge on any atom is 0.305 e. The van der Waals surface area contributed by atoms with Gasteiger partial charge in [0.15, 0.2) is 0 Å². The van der Waals surface area contributed by atoms with E-state index >= 15 is 0 Å². The molecule has 1 aromatic rings. The van der Waals surface area contributed by atoms with Gasteiger partial charge in [0.25, 0.3) is 5.91 Å². The van der Waals surface area contributed by atoms with Crippen molar-refractivity contribution in [2.24, 2.45) is 0 Å². The second-order valence-electron chi connectivity index (χ2n) is 4.26. The normalized spacial score (nSPS) is 18.6. The molecular weight excluding hydrogens is 286 g/mol. The number of amides is 2. The van der Waals surface area contributed by atoms with Crippen molar-refractivity contribution >= 4 is 29.4 Å². The van der Waals surface area contributed by atoms with Crippen LogP contribution in [0, 0.1) is 0 Å². The molecule has 0 radical (unpaired) electrons. The highest BCUT2D eigenvalue weighted by Crippen LogP contribution is 2.14. The second-order valence-corrected chi connectivity index (χ2v) is 4.70. The maximum absolute atomic E-state index is 12.3. The molecule has 0 bridgehead atoms. The summed E-state index contributed by atoms with van der Waals surface area (Å²) in [4.78, 5) is 39.9. The smallest absolute Gasteiger partial charge is 0.305 e. The van der Waals surface area contributed by atoms with Crippen LogP contribution >= 0.6 is 11.6 Å². The average Bonchev–Trinajstić information content (AvgIpc) is 2.41. The van der Waals surface area contributed by atoms with Crippen molar-refractivity contribution in [1.82, 2.24) is 15.2 Å². The largest absolute Gasteiger partial charge is 0.481 e. The summed E-state index contributed by atoms with van der Waals surface area (Å²) in [6.07, 6.45) is 0.885. The molecule has 106 valence electrons. The third-order valence-corrected chi connectivity index (χ3v) is 3.13. The summed E-state index contributed by atoms with van der Waals surface area (Å²) in [5, 5.41) is 11.8. The lowest BCUT2D eigenvalue weighted by Gasteiger charge is -2.34. The van der Waals surface area contributed by atoms with Gasteiger partial charge in [0, 0.05) is 19.3 Å². The van der Waals surface area contributed by atoms with E-state index in [1.165, 1.54) is 23.2 Å². The van der Waals surface area contributed by atoms with Crippen LogP contribution in [0.2, 0.25) is 5.02 Å². The summed E-state index contributed by atoms with van der Waals surface area (Å²) in [6, 6.07) is 1.93. The van der Waals surface area contributed by atoms with E-state index in [1.807, 2.05) is 0 Å². The van der Waals surface area contributed by atoms with Gasteiger partial charge in [-0.15, -0.1) is 0 Å². The highest BCUT2D eigenvalue weighted by Gasteiger charge is 2.35. The molecule has 1 fully saturated rings. The third-order valence-electron chi connectivity index (χ3n) is 2.91. The molecule has 0 aliphatic carbocycles. The summed E-state index contributed by atoms with van der Waals surface area (Å²) >= 11 is 5.69. The van der Waals surface area contributed by atoms with Crippen LogP contribution in [0.1, 0.15) is 16.9 Å². The predicted octanol–water partition coefficient (Wildman–Crippen LogP) is 0.150. The molecule has 1 saturated heterocycles. The van der Waals surface area contributed by atoms with Gasteiger partial charge >= 0.3 is 5.97 Å². The van der Waals surface area contributed by atoms with E-state index in [0.29, 0.717) is 5.02 Å². The number of hydrogen-bond acceptors (Lipinski definition) is 4. The highest BCUT2D eigenvalue weighted by molar-refractivity contribution is 6.30. The topological polar surface area (TPSA) is 99.6 Å². The number of carbonyl (C=O) groups is 3. The average molecular weight is 298 g/mol. The van der Waals surface area contributed by atoms with E-state index in [9.17, 15) is 14.4 Å². The van der Waals surface area contributed by atoms with E-state index in [1.54, 1.807) is 0 Å². The SMILES string of the molecule is O=C(O)CC1C(=O)NCCN1C(=O)c1ccc(Cl)cn1. The molecule has 0 saturated carbocycles. The lowest BCUT2D eigenvalue weighted by atomic mass is 10.1. The number of hydrogen-bond donors (Lipinski definition) is 2. The minimum Gasteiger partial charge on any atom is -0.481 e. The zero-order valence-corrected chi connectivity index (χ0v) is 11.1. The van der Waals surface area contributed by atoms with Gasteiger partial charge in [-0.2, -0.15) is 0 Å². The van der Waals surface area contributed by atoms with Gasteiger partial charge in [0.05, 0.1) is 11.4 Å². The van der Waals surface area contributed by atoms with E-state index < -0.39 is 30.2 Å². The number of pyridine rings is 1. The quantitative estimate of drug-likeness (QED) is 0.827. The first-order chi connectivity index (χ1) is 9.49. The first-order valence-electron chi connectivity index (χ1n) is 5.91. The zero-order chi connectivity index (χ0) is 14.7. The van der Waals surface area contributed by atoms with E-state index in [2.05, 4.69) is 10.3 Å². The van der Waals surface area contributed by atoms with Gasteiger partial charge in [0.2, 0.25) is 5.91 Å². The van der Waals surface area contributed by atoms with Crippen LogP contribution in [0.4, 0.5) is 0 Å². The fraction of sp³-hybridized carbons (Fsp3) is 0.333. The van der Waals surface area contributed by atoms with Crippen molar-refractivity contribution in [2.75, 3.05) is 13.1 Å². The van der Waals surface area contributed by atoms with Gasteiger partial charge in [-0.05, 0) is 12.1 Å². The van der Waals surface area contributed by atoms with Crippen molar-refractivity contribution in [2.45, 2.75) is 12.5 Å². The van der Waals surface area contributed by atoms with E-state index in [-0.39, 0.29) is 18.8 Å². The number of halogens is 1. The fourth-order valence-corrected chi connectivity index (χ4v) is 2.09. The van der Waals surface area contributed by atoms with Gasteiger partial charge in [-0.3, -0.25) is 14.4 Å². The summed E-state index contributed by atoms with van der Waals surface area (Å²) in [5.41, 5.74) is 0.125. The summed E-state index contributed by atoms with van der Waals surface area (Å²) in [6.45, 7) is 0.529. The zero-order valence-electron chi connectivity index (χ0n) is 10.4. The molecule has 1 aliphatic heterocycles. The van der Waals surface area contributed by atoms with Crippen LogP contribution in [-0.2, 0) is 9.59 Å². The number of carbonyl (C=O) groups excluding carboxylic acids is 2. The molecule has 2 amide bonds. The molecule has 2 rings (SSSR count). The number of aromatic nitrogens is 1. The number of rotatable bonds is 3. The third kappa shape index (κ3) is 3.05. The van der Waals surface area contributed by atoms with Crippen LogP contribution in [0.25, 0.3) is 0 Å². The molecule has 1 aromatic heterocycles. The number of piperazine rings is 1. The summed E-state index contributed by atoms with van der Waals surface area (Å²) < 4.78 is 0. The van der Waals surface area contributed by atoms with Gasteiger partial charge < -0.3 is 15.3 Å². The number of nitrogens with zero attached hydrogens (tertiary/aromatic N) is 2. The molecular formula is C12H12ClN3O4. The van der Waals surface area contributed by atoms with Crippen molar-refractivity contribution in [3.05, 3.63) is 29.0 Å². The Morgan fingerprint density at radius 1 is 1.50 bits per heavy atom. The molecule has 1 unspecified atom stereocenters. The Kier molecular flexibility index (Phi) is 4.19. The molecule has 0 spiro atoms. The monoisotopic (exact) mass is 297 g/mol. The number of carboxylic acid groups (broad SMARTS) is 1. The Morgan fingerprint density at radius 3 is 2.85 bits per heavy atom. The van der Waals surface area contributed by atoms with Crippen molar-refractivity contribution in [3.8, 4) is 0 Å². The molecule has 7 nitrogen and oxygen atoms in total. The fourth-order valence-electron chi connectivity index (χ4n) is 1.98. The van der Waals surface area contributed by atoms with Crippen LogP contribution < -0.4 is 5.32 Å². The van der Waals surface area contributed by atoms with Crippen molar-refractivity contribution in [1.29, 1.82) is 0 Å². The predicted molar refractivity (Wildman–Crippen MR) is 69.3 cm³/mol. The Balaban J connectivity index is 2.23. The highest BCUT2D eigenvalue weighted by atomic mass is 35.5. The molecule has 2 N–H and O–H groups in total. The van der Waals surface area contributed by atoms with Gasteiger partial charge in [-0.1, -0.05) is 11.6 Å². The first-order valence-corrected chi connectivity index (χ1v) is 6.29. The van der Waals surface area contributed by atoms with Crippen molar-refractivity contribution in [3.63, 3.8) is 0 Å². The molecule has 1 aliphatic rings. The van der Waals surface area contributed by atoms with Crippen LogP contribution in [0.3, 0.4) is 0 Å². The van der Waals surface area contributed by atoms with Crippen LogP contribution in [0.5, 0.6) is 0 Å². The van der Waals surface area contributed by atoms with Gasteiger partial charge in [-0.25, -0.2) is 4.98 Å². The molecule has 0 aromatic carbocycles. The Labute approximate surface area is 119 Å². The minimum absolute atomic E-state index is 0.125. The Bertz CT molecular complexity index is 546. The lowest BCUT2D eigenvalue weighted by Crippen LogP contribution is -2.57. The first kappa shape index (κ1) is 14.3. The molecule has 20 heavy (non-hydrogen) atoms. The van der Waals surface area contributed by atoms with Crippen molar-refractivity contribution < 1.29 is 19.5 Å². The Morgan fingerprint density at radius 2 is 2.25 bits per heavy atom. The maximum atomic E-state index is 12.3. The van der Waals surface area contributed by atoms with Gasteiger partial charge in [0.1, 0.15) is 11.7 Å². The lowest BCUT2D eigenvalue weighted by molar-refractivity contribution is -0.142. The van der Waals surface area contributed by atoms with E-state index in [4.69, 9.17) is 16.7 Å². The van der Waals surface area contributed by atoms with E-state index in [0.717, 1.165) is 0 Å². The molecule has 8 heteroatoms. The van der Waals surface area contributed by atoms with Crippen LogP contribution in [0.15, 0.2) is 18.3 Å². The number of carboxylic acids is 1. The minimum atomic E-state index is -1.14. The number of aliphatic carboxylic acids is 1. The number of nitrogens with one attached hydrogen (secondary N) is 1. The summed E-state index contributed by atoms with van der Waals surface area (Å²) in [7, 11) is 0.